The molecule has 0 atom stereocenters. The maximum Gasteiger partial charge on any atom is 0.257 e. The molecular weight excluding hydrogens is 388 g/mol. The molecule has 0 N–H and O–H groups in total. The van der Waals surface area contributed by atoms with E-state index in [0.717, 1.165) is 5.56 Å². The van der Waals surface area contributed by atoms with Crippen LogP contribution < -0.4 is 0 Å². The topological polar surface area (TPSA) is 38.1 Å². The van der Waals surface area contributed by atoms with Crippen LogP contribution in [0.25, 0.3) is 0 Å². The Bertz CT molecular complexity index is 958. The van der Waals surface area contributed by atoms with E-state index in [-0.39, 0.29) is 18.0 Å². The van der Waals surface area contributed by atoms with Gasteiger partial charge in [0, 0.05) is 25.5 Å². The highest BCUT2D eigenvalue weighted by Gasteiger charge is 2.19. The Morgan fingerprint density at radius 2 is 1.96 bits per heavy atom. The fraction of sp³-hybridized carbons (Fsp3) is 0.200. The van der Waals surface area contributed by atoms with E-state index in [4.69, 9.17) is 23.2 Å². The molecule has 0 saturated heterocycles. The standard InChI is InChI=1S/C20H18Cl2FN3O/c1-2-25(20(27)15-5-3-4-6-18(15)23)13-19-24-9-10-26(19)12-14-7-8-16(21)17(22)11-14/h3-11H,2,12-13H2,1H3. The highest BCUT2D eigenvalue weighted by molar-refractivity contribution is 6.42. The van der Waals surface area contributed by atoms with Gasteiger partial charge in [-0.25, -0.2) is 9.37 Å². The Labute approximate surface area is 167 Å². The summed E-state index contributed by atoms with van der Waals surface area (Å²) in [6, 6.07) is 11.4. The van der Waals surface area contributed by atoms with Crippen LogP contribution in [0, 0.1) is 5.82 Å². The molecule has 0 fully saturated rings. The third kappa shape index (κ3) is 4.49. The van der Waals surface area contributed by atoms with Gasteiger partial charge in [0.15, 0.2) is 0 Å². The minimum atomic E-state index is -0.528. The molecule has 0 bridgehead atoms. The molecule has 0 aliphatic carbocycles. The fourth-order valence-electron chi connectivity index (χ4n) is 2.77. The van der Waals surface area contributed by atoms with Crippen molar-refractivity contribution in [3.8, 4) is 0 Å². The molecule has 0 radical (unpaired) electrons. The lowest BCUT2D eigenvalue weighted by Gasteiger charge is -2.21. The smallest absolute Gasteiger partial charge is 0.257 e. The van der Waals surface area contributed by atoms with Crippen molar-refractivity contribution in [2.24, 2.45) is 0 Å². The van der Waals surface area contributed by atoms with E-state index in [0.29, 0.717) is 29.0 Å². The number of amides is 1. The molecule has 1 heterocycles. The van der Waals surface area contributed by atoms with Crippen LogP contribution in [0.1, 0.15) is 28.7 Å². The Morgan fingerprint density at radius 3 is 2.67 bits per heavy atom. The summed E-state index contributed by atoms with van der Waals surface area (Å²) in [5.41, 5.74) is 1.02. The van der Waals surface area contributed by atoms with Crippen molar-refractivity contribution in [3.63, 3.8) is 0 Å². The molecule has 7 heteroatoms. The zero-order valence-electron chi connectivity index (χ0n) is 14.7. The first kappa shape index (κ1) is 19.4. The molecule has 0 saturated carbocycles. The van der Waals surface area contributed by atoms with Gasteiger partial charge in [-0.15, -0.1) is 0 Å². The average Bonchev–Trinajstić information content (AvgIpc) is 3.09. The quantitative estimate of drug-likeness (QED) is 0.575. The molecule has 1 amide bonds. The van der Waals surface area contributed by atoms with Gasteiger partial charge in [0.2, 0.25) is 0 Å². The lowest BCUT2D eigenvalue weighted by atomic mass is 10.2. The number of hydrogen-bond donors (Lipinski definition) is 0. The van der Waals surface area contributed by atoms with Crippen molar-refractivity contribution >= 4 is 29.1 Å². The Morgan fingerprint density at radius 1 is 1.19 bits per heavy atom. The monoisotopic (exact) mass is 405 g/mol. The molecule has 2 aromatic carbocycles. The number of rotatable bonds is 6. The van der Waals surface area contributed by atoms with E-state index in [2.05, 4.69) is 4.98 Å². The number of carbonyl (C=O) groups excluding carboxylic acids is 1. The minimum absolute atomic E-state index is 0.0574. The fourth-order valence-corrected chi connectivity index (χ4v) is 3.09. The van der Waals surface area contributed by atoms with Crippen LogP contribution >= 0.6 is 23.2 Å². The molecule has 140 valence electrons. The summed E-state index contributed by atoms with van der Waals surface area (Å²) in [5.74, 6) is -0.188. The number of nitrogens with zero attached hydrogens (tertiary/aromatic N) is 3. The molecule has 4 nitrogen and oxygen atoms in total. The summed E-state index contributed by atoms with van der Waals surface area (Å²) in [6.07, 6.45) is 3.51. The molecule has 0 aliphatic heterocycles. The number of halogens is 3. The number of hydrogen-bond acceptors (Lipinski definition) is 2. The lowest BCUT2D eigenvalue weighted by Crippen LogP contribution is -2.32. The number of imidazole rings is 1. The average molecular weight is 406 g/mol. The molecule has 1 aromatic heterocycles. The van der Waals surface area contributed by atoms with E-state index in [1.165, 1.54) is 12.1 Å². The first-order valence-corrected chi connectivity index (χ1v) is 9.23. The van der Waals surface area contributed by atoms with Crippen LogP contribution in [0.4, 0.5) is 4.39 Å². The summed E-state index contributed by atoms with van der Waals surface area (Å²) in [6.45, 7) is 3.10. The van der Waals surface area contributed by atoms with Crippen LogP contribution in [0.5, 0.6) is 0 Å². The van der Waals surface area contributed by atoms with Gasteiger partial charge >= 0.3 is 0 Å². The van der Waals surface area contributed by atoms with Gasteiger partial charge in [-0.3, -0.25) is 4.79 Å². The highest BCUT2D eigenvalue weighted by atomic mass is 35.5. The van der Waals surface area contributed by atoms with Crippen molar-refractivity contribution in [1.29, 1.82) is 0 Å². The largest absolute Gasteiger partial charge is 0.331 e. The molecule has 0 aliphatic rings. The SMILES string of the molecule is CCN(Cc1nccn1Cc1ccc(Cl)c(Cl)c1)C(=O)c1ccccc1F. The van der Waals surface area contributed by atoms with E-state index >= 15 is 0 Å². The normalized spacial score (nSPS) is 10.8. The predicted octanol–water partition coefficient (Wildman–Crippen LogP) is 5.04. The molecule has 3 rings (SSSR count). The van der Waals surface area contributed by atoms with E-state index in [1.807, 2.05) is 23.8 Å². The second kappa shape index (κ2) is 8.55. The summed E-state index contributed by atoms with van der Waals surface area (Å²) in [5, 5.41) is 0.986. The van der Waals surface area contributed by atoms with Gasteiger partial charge in [0.1, 0.15) is 11.6 Å². The number of carbonyl (C=O) groups is 1. The van der Waals surface area contributed by atoms with Crippen molar-refractivity contribution in [2.75, 3.05) is 6.54 Å². The second-order valence-corrected chi connectivity index (χ2v) is 6.83. The van der Waals surface area contributed by atoms with Gasteiger partial charge in [0.25, 0.3) is 5.91 Å². The first-order chi connectivity index (χ1) is 13.0. The van der Waals surface area contributed by atoms with E-state index < -0.39 is 5.82 Å². The maximum absolute atomic E-state index is 14.0. The van der Waals surface area contributed by atoms with E-state index in [1.54, 1.807) is 35.4 Å². The minimum Gasteiger partial charge on any atom is -0.331 e. The van der Waals surface area contributed by atoms with E-state index in [9.17, 15) is 9.18 Å². The van der Waals surface area contributed by atoms with Gasteiger partial charge in [-0.05, 0) is 36.8 Å². The maximum atomic E-state index is 14.0. The molecule has 0 unspecified atom stereocenters. The van der Waals surface area contributed by atoms with Crippen molar-refractivity contribution in [3.05, 3.63) is 87.7 Å². The lowest BCUT2D eigenvalue weighted by molar-refractivity contribution is 0.0742. The first-order valence-electron chi connectivity index (χ1n) is 8.47. The second-order valence-electron chi connectivity index (χ2n) is 6.02. The Hall–Kier alpha value is -2.37. The summed E-state index contributed by atoms with van der Waals surface area (Å²) in [7, 11) is 0. The summed E-state index contributed by atoms with van der Waals surface area (Å²) >= 11 is 12.0. The molecular formula is C20H18Cl2FN3O. The number of benzene rings is 2. The zero-order chi connectivity index (χ0) is 19.4. The van der Waals surface area contributed by atoms with Crippen LogP contribution in [0.15, 0.2) is 54.9 Å². The summed E-state index contributed by atoms with van der Waals surface area (Å²) in [4.78, 5) is 18.6. The van der Waals surface area contributed by atoms with Crippen LogP contribution in [0.2, 0.25) is 10.0 Å². The van der Waals surface area contributed by atoms with Crippen LogP contribution in [-0.2, 0) is 13.1 Å². The molecule has 27 heavy (non-hydrogen) atoms. The molecule has 0 spiro atoms. The van der Waals surface area contributed by atoms with Gasteiger partial charge < -0.3 is 9.47 Å². The van der Waals surface area contributed by atoms with Gasteiger partial charge in [-0.1, -0.05) is 41.4 Å². The van der Waals surface area contributed by atoms with Gasteiger partial charge in [0.05, 0.1) is 22.2 Å². The molecule has 3 aromatic rings. The predicted molar refractivity (Wildman–Crippen MR) is 105 cm³/mol. The Kier molecular flexibility index (Phi) is 6.14. The highest BCUT2D eigenvalue weighted by Crippen LogP contribution is 2.23. The van der Waals surface area contributed by atoms with Crippen molar-refractivity contribution < 1.29 is 9.18 Å². The van der Waals surface area contributed by atoms with Crippen LogP contribution in [-0.4, -0.2) is 26.9 Å². The van der Waals surface area contributed by atoms with Crippen molar-refractivity contribution in [2.45, 2.75) is 20.0 Å². The Balaban J connectivity index is 1.79. The van der Waals surface area contributed by atoms with Crippen LogP contribution in [0.3, 0.4) is 0 Å². The third-order valence-electron chi connectivity index (χ3n) is 4.24. The van der Waals surface area contributed by atoms with Crippen molar-refractivity contribution in [1.82, 2.24) is 14.5 Å². The number of aromatic nitrogens is 2. The summed E-state index contributed by atoms with van der Waals surface area (Å²) < 4.78 is 15.9. The van der Waals surface area contributed by atoms with Gasteiger partial charge in [-0.2, -0.15) is 0 Å². The third-order valence-corrected chi connectivity index (χ3v) is 4.98. The zero-order valence-corrected chi connectivity index (χ0v) is 16.2.